The summed E-state index contributed by atoms with van der Waals surface area (Å²) in [6.45, 7) is -0.177. The number of rotatable bonds is 7. The maximum atomic E-state index is 13.2. The van der Waals surface area contributed by atoms with Crippen LogP contribution in [0.15, 0.2) is 76.3 Å². The molecule has 1 aliphatic rings. The van der Waals surface area contributed by atoms with Crippen LogP contribution in [0.3, 0.4) is 0 Å². The second kappa shape index (κ2) is 9.64. The summed E-state index contributed by atoms with van der Waals surface area (Å²) >= 11 is 1.14. The van der Waals surface area contributed by atoms with Gasteiger partial charge in [-0.2, -0.15) is 4.31 Å². The lowest BCUT2D eigenvalue weighted by Gasteiger charge is -2.35. The number of carbonyl (C=O) groups is 2. The first-order chi connectivity index (χ1) is 15.4. The number of thiophene rings is 1. The molecule has 0 saturated heterocycles. The quantitative estimate of drug-likeness (QED) is 0.533. The number of sulfonamides is 1. The number of benzene rings is 2. The van der Waals surface area contributed by atoms with Crippen molar-refractivity contribution in [1.82, 2.24) is 4.31 Å². The predicted octanol–water partition coefficient (Wildman–Crippen LogP) is 3.61. The van der Waals surface area contributed by atoms with E-state index in [0.717, 1.165) is 22.5 Å². The van der Waals surface area contributed by atoms with E-state index in [9.17, 15) is 18.0 Å². The van der Waals surface area contributed by atoms with Gasteiger partial charge in [0.05, 0.1) is 12.5 Å². The van der Waals surface area contributed by atoms with E-state index in [2.05, 4.69) is 5.32 Å². The maximum Gasteiger partial charge on any atom is 0.308 e. The second-order valence-electron chi connectivity index (χ2n) is 7.29. The summed E-state index contributed by atoms with van der Waals surface area (Å²) in [5.74, 6) is -1.10. The fraction of sp³-hybridized carbons (Fsp3) is 0.217. The lowest BCUT2D eigenvalue weighted by Crippen LogP contribution is -2.41. The molecule has 0 unspecified atom stereocenters. The summed E-state index contributed by atoms with van der Waals surface area (Å²) in [6, 6.07) is 18.9. The van der Waals surface area contributed by atoms with Crippen LogP contribution in [0.5, 0.6) is 0 Å². The molecular weight excluding hydrogens is 448 g/mol. The van der Waals surface area contributed by atoms with Gasteiger partial charge in [0.1, 0.15) is 4.21 Å². The highest BCUT2D eigenvalue weighted by molar-refractivity contribution is 7.91. The molecule has 32 heavy (non-hydrogen) atoms. The zero-order valence-corrected chi connectivity index (χ0v) is 18.8. The lowest BCUT2D eigenvalue weighted by atomic mass is 9.92. The zero-order chi connectivity index (χ0) is 22.6. The van der Waals surface area contributed by atoms with Crippen molar-refractivity contribution in [3.8, 4) is 0 Å². The first kappa shape index (κ1) is 22.2. The maximum absolute atomic E-state index is 13.2. The minimum atomic E-state index is -3.76. The number of nitrogens with zero attached hydrogens (tertiary/aromatic N) is 1. The molecule has 0 spiro atoms. The van der Waals surface area contributed by atoms with Gasteiger partial charge in [0.2, 0.25) is 0 Å². The third kappa shape index (κ3) is 4.90. The third-order valence-corrected chi connectivity index (χ3v) is 8.48. The molecule has 1 aromatic heterocycles. The number of para-hydroxylation sites is 1. The van der Waals surface area contributed by atoms with Crippen molar-refractivity contribution in [2.24, 2.45) is 0 Å². The molecule has 1 N–H and O–H groups in total. The van der Waals surface area contributed by atoms with Gasteiger partial charge in [0.15, 0.2) is 6.61 Å². The second-order valence-corrected chi connectivity index (χ2v) is 10.4. The van der Waals surface area contributed by atoms with Gasteiger partial charge in [-0.1, -0.05) is 48.5 Å². The topological polar surface area (TPSA) is 92.8 Å². The molecule has 1 amide bonds. The summed E-state index contributed by atoms with van der Waals surface area (Å²) < 4.78 is 33.3. The molecule has 2 heterocycles. The average molecular weight is 471 g/mol. The lowest BCUT2D eigenvalue weighted by molar-refractivity contribution is -0.148. The van der Waals surface area contributed by atoms with Crippen LogP contribution in [0, 0.1) is 0 Å². The molecule has 7 nitrogen and oxygen atoms in total. The van der Waals surface area contributed by atoms with Gasteiger partial charge in [-0.3, -0.25) is 9.59 Å². The predicted molar refractivity (Wildman–Crippen MR) is 122 cm³/mol. The Bertz CT molecular complexity index is 1190. The zero-order valence-electron chi connectivity index (χ0n) is 17.1. The summed E-state index contributed by atoms with van der Waals surface area (Å²) in [5.41, 5.74) is 2.39. The molecule has 1 atom stereocenters. The number of amides is 1. The molecular formula is C23H22N2O5S2. The Labute approximate surface area is 190 Å². The van der Waals surface area contributed by atoms with Gasteiger partial charge in [-0.15, -0.1) is 11.3 Å². The van der Waals surface area contributed by atoms with Crippen LogP contribution in [0.4, 0.5) is 5.69 Å². The van der Waals surface area contributed by atoms with Gasteiger partial charge in [-0.25, -0.2) is 8.42 Å². The third-order valence-electron chi connectivity index (χ3n) is 5.20. The van der Waals surface area contributed by atoms with Crippen LogP contribution in [0.1, 0.15) is 23.6 Å². The van der Waals surface area contributed by atoms with E-state index in [4.69, 9.17) is 4.74 Å². The van der Waals surface area contributed by atoms with E-state index in [1.165, 1.54) is 4.31 Å². The average Bonchev–Trinajstić information content (AvgIpc) is 3.34. The van der Waals surface area contributed by atoms with E-state index in [1.54, 1.807) is 41.8 Å². The fourth-order valence-corrected chi connectivity index (χ4v) is 6.46. The Morgan fingerprint density at radius 3 is 2.53 bits per heavy atom. The van der Waals surface area contributed by atoms with E-state index in [0.29, 0.717) is 12.1 Å². The highest BCUT2D eigenvalue weighted by atomic mass is 32.2. The number of nitrogens with one attached hydrogen (secondary N) is 1. The van der Waals surface area contributed by atoms with E-state index >= 15 is 0 Å². The van der Waals surface area contributed by atoms with Crippen LogP contribution < -0.4 is 5.32 Å². The molecule has 2 aromatic carbocycles. The molecule has 9 heteroatoms. The van der Waals surface area contributed by atoms with Crippen molar-refractivity contribution in [3.05, 3.63) is 83.2 Å². The van der Waals surface area contributed by atoms with Crippen LogP contribution in [-0.4, -0.2) is 37.8 Å². The molecule has 3 aromatic rings. The number of hydrogen-bond donors (Lipinski definition) is 1. The monoisotopic (exact) mass is 470 g/mol. The van der Waals surface area contributed by atoms with E-state index in [1.807, 2.05) is 30.3 Å². The summed E-state index contributed by atoms with van der Waals surface area (Å²) in [7, 11) is -3.76. The van der Waals surface area contributed by atoms with E-state index in [-0.39, 0.29) is 17.2 Å². The Hall–Kier alpha value is -3.01. The Kier molecular flexibility index (Phi) is 6.69. The highest BCUT2D eigenvalue weighted by Gasteiger charge is 2.38. The van der Waals surface area contributed by atoms with Crippen molar-refractivity contribution in [2.45, 2.75) is 23.1 Å². The number of anilines is 1. The van der Waals surface area contributed by atoms with Gasteiger partial charge >= 0.3 is 5.97 Å². The van der Waals surface area contributed by atoms with Crippen molar-refractivity contribution in [1.29, 1.82) is 0 Å². The van der Waals surface area contributed by atoms with Crippen LogP contribution >= 0.6 is 11.3 Å². The summed E-state index contributed by atoms with van der Waals surface area (Å²) in [6.07, 6.45) is 0.381. The Morgan fingerprint density at radius 2 is 1.78 bits per heavy atom. The van der Waals surface area contributed by atoms with Crippen molar-refractivity contribution in [3.63, 3.8) is 0 Å². The molecule has 1 aliphatic heterocycles. The van der Waals surface area contributed by atoms with Gasteiger partial charge in [0, 0.05) is 12.2 Å². The van der Waals surface area contributed by atoms with Crippen molar-refractivity contribution < 1.29 is 22.7 Å². The van der Waals surface area contributed by atoms with Gasteiger partial charge < -0.3 is 10.1 Å². The fourth-order valence-electron chi connectivity index (χ4n) is 3.74. The molecule has 0 saturated carbocycles. The van der Waals surface area contributed by atoms with E-state index < -0.39 is 34.5 Å². The summed E-state index contributed by atoms with van der Waals surface area (Å²) in [5, 5.41) is 4.35. The number of hydrogen-bond acceptors (Lipinski definition) is 6. The van der Waals surface area contributed by atoms with Crippen LogP contribution in [0.2, 0.25) is 0 Å². The Balaban J connectivity index is 1.48. The molecule has 0 aliphatic carbocycles. The minimum Gasteiger partial charge on any atom is -0.456 e. The largest absolute Gasteiger partial charge is 0.456 e. The minimum absolute atomic E-state index is 0.180. The van der Waals surface area contributed by atoms with Crippen molar-refractivity contribution in [2.75, 3.05) is 18.5 Å². The SMILES string of the molecule is O=C(COC(=O)C[C@H]1c2ccccc2CCN1S(=O)(=O)c1cccs1)Nc1ccccc1. The number of esters is 1. The molecule has 0 radical (unpaired) electrons. The number of carbonyl (C=O) groups excluding carboxylic acids is 2. The normalized spacial score (nSPS) is 16.2. The van der Waals surface area contributed by atoms with Gasteiger partial charge in [-0.05, 0) is 41.1 Å². The van der Waals surface area contributed by atoms with Crippen molar-refractivity contribution >= 4 is 38.9 Å². The molecule has 4 rings (SSSR count). The summed E-state index contributed by atoms with van der Waals surface area (Å²) in [4.78, 5) is 24.7. The molecule has 166 valence electrons. The number of ether oxygens (including phenoxy) is 1. The standard InChI is InChI=1S/C23H22N2O5S2/c26-21(24-18-8-2-1-3-9-18)16-30-22(27)15-20-19-10-5-4-7-17(19)12-13-25(20)32(28,29)23-11-6-14-31-23/h1-11,14,20H,12-13,15-16H2,(H,24,26)/t20-/m0/s1. The first-order valence-corrected chi connectivity index (χ1v) is 12.4. The smallest absolute Gasteiger partial charge is 0.308 e. The Morgan fingerprint density at radius 1 is 1.03 bits per heavy atom. The van der Waals surface area contributed by atoms with Gasteiger partial charge in [0.25, 0.3) is 15.9 Å². The first-order valence-electron chi connectivity index (χ1n) is 10.1. The van der Waals surface area contributed by atoms with Crippen LogP contribution in [0.25, 0.3) is 0 Å². The highest BCUT2D eigenvalue weighted by Crippen LogP contribution is 2.37. The molecule has 0 bridgehead atoms. The van der Waals surface area contributed by atoms with Crippen LogP contribution in [-0.2, 0) is 30.8 Å². The molecule has 0 fully saturated rings. The number of fused-ring (bicyclic) bond motifs is 1.